The molecule has 0 aromatic carbocycles. The lowest BCUT2D eigenvalue weighted by atomic mass is 9.84. The van der Waals surface area contributed by atoms with Gasteiger partial charge in [0.15, 0.2) is 0 Å². The molecule has 0 spiro atoms. The molecule has 1 unspecified atom stereocenters. The molecule has 3 nitrogen and oxygen atoms in total. The minimum Gasteiger partial charge on any atom is -0.316 e. The molecule has 0 radical (unpaired) electrons. The number of pyridine rings is 1. The average Bonchev–Trinajstić information content (AvgIpc) is 2.44. The highest BCUT2D eigenvalue weighted by molar-refractivity contribution is 5.09. The molecule has 0 amide bonds. The van der Waals surface area contributed by atoms with Gasteiger partial charge in [0.05, 0.1) is 0 Å². The van der Waals surface area contributed by atoms with E-state index in [2.05, 4.69) is 55.2 Å². The molecule has 0 bridgehead atoms. The van der Waals surface area contributed by atoms with Gasteiger partial charge in [0.25, 0.3) is 0 Å². The van der Waals surface area contributed by atoms with Crippen molar-refractivity contribution in [3.63, 3.8) is 0 Å². The molecule has 20 heavy (non-hydrogen) atoms. The molecular formula is C17H31N3. The standard InChI is InChI=1S/C17H31N3/c1-5-10-17(3,14-18-6-2)15-20(4)13-9-16-7-11-19-12-8-16/h7-8,11-12,18H,5-6,9-10,13-15H2,1-4H3. The fourth-order valence-corrected chi connectivity index (χ4v) is 2.85. The summed E-state index contributed by atoms with van der Waals surface area (Å²) in [6, 6.07) is 4.22. The second-order valence-electron chi connectivity index (χ2n) is 6.18. The third kappa shape index (κ3) is 6.49. The Labute approximate surface area is 124 Å². The van der Waals surface area contributed by atoms with Gasteiger partial charge in [0, 0.05) is 32.0 Å². The topological polar surface area (TPSA) is 28.2 Å². The first kappa shape index (κ1) is 17.1. The van der Waals surface area contributed by atoms with Gasteiger partial charge >= 0.3 is 0 Å². The third-order valence-electron chi connectivity index (χ3n) is 3.84. The summed E-state index contributed by atoms with van der Waals surface area (Å²) in [6.45, 7) is 11.3. The van der Waals surface area contributed by atoms with Crippen molar-refractivity contribution in [2.45, 2.75) is 40.0 Å². The number of hydrogen-bond donors (Lipinski definition) is 1. The van der Waals surface area contributed by atoms with Crippen LogP contribution in [0.15, 0.2) is 24.5 Å². The Morgan fingerprint density at radius 3 is 2.55 bits per heavy atom. The summed E-state index contributed by atoms with van der Waals surface area (Å²) in [5, 5.41) is 3.52. The number of nitrogens with one attached hydrogen (secondary N) is 1. The van der Waals surface area contributed by atoms with E-state index in [9.17, 15) is 0 Å². The van der Waals surface area contributed by atoms with Crippen LogP contribution in [-0.2, 0) is 6.42 Å². The molecule has 0 aliphatic rings. The lowest BCUT2D eigenvalue weighted by molar-refractivity contribution is 0.175. The molecule has 3 heteroatoms. The molecule has 0 aliphatic carbocycles. The van der Waals surface area contributed by atoms with Crippen molar-refractivity contribution in [1.82, 2.24) is 15.2 Å². The van der Waals surface area contributed by atoms with E-state index in [1.165, 1.54) is 18.4 Å². The second kappa shape index (κ2) is 9.09. The highest BCUT2D eigenvalue weighted by atomic mass is 15.1. The van der Waals surface area contributed by atoms with Crippen LogP contribution in [0.3, 0.4) is 0 Å². The minimum atomic E-state index is 0.373. The van der Waals surface area contributed by atoms with Crippen molar-refractivity contribution in [3.8, 4) is 0 Å². The van der Waals surface area contributed by atoms with Crippen LogP contribution in [0.1, 0.15) is 39.2 Å². The Hall–Kier alpha value is -0.930. The van der Waals surface area contributed by atoms with Gasteiger partial charge in [-0.3, -0.25) is 4.98 Å². The van der Waals surface area contributed by atoms with Crippen molar-refractivity contribution in [1.29, 1.82) is 0 Å². The van der Waals surface area contributed by atoms with E-state index < -0.39 is 0 Å². The average molecular weight is 277 g/mol. The fraction of sp³-hybridized carbons (Fsp3) is 0.706. The zero-order valence-electron chi connectivity index (χ0n) is 13.7. The summed E-state index contributed by atoms with van der Waals surface area (Å²) in [5.74, 6) is 0. The first-order valence-corrected chi connectivity index (χ1v) is 7.88. The van der Waals surface area contributed by atoms with E-state index in [1.54, 1.807) is 0 Å². The van der Waals surface area contributed by atoms with Crippen molar-refractivity contribution >= 4 is 0 Å². The van der Waals surface area contributed by atoms with Crippen LogP contribution in [0.4, 0.5) is 0 Å². The third-order valence-corrected chi connectivity index (χ3v) is 3.84. The van der Waals surface area contributed by atoms with Gasteiger partial charge in [-0.1, -0.05) is 27.2 Å². The zero-order valence-corrected chi connectivity index (χ0v) is 13.7. The molecule has 114 valence electrons. The molecule has 0 saturated heterocycles. The van der Waals surface area contributed by atoms with Crippen molar-refractivity contribution in [2.75, 3.05) is 33.2 Å². The van der Waals surface area contributed by atoms with Crippen molar-refractivity contribution < 1.29 is 0 Å². The molecule has 0 saturated carbocycles. The van der Waals surface area contributed by atoms with Gasteiger partial charge in [-0.25, -0.2) is 0 Å². The van der Waals surface area contributed by atoms with E-state index in [0.717, 1.165) is 32.6 Å². The summed E-state index contributed by atoms with van der Waals surface area (Å²) in [5.41, 5.74) is 1.74. The summed E-state index contributed by atoms with van der Waals surface area (Å²) >= 11 is 0. The van der Waals surface area contributed by atoms with Crippen LogP contribution < -0.4 is 5.32 Å². The van der Waals surface area contributed by atoms with Gasteiger partial charge in [-0.2, -0.15) is 0 Å². The van der Waals surface area contributed by atoms with E-state index in [0.29, 0.717) is 5.41 Å². The van der Waals surface area contributed by atoms with Crippen molar-refractivity contribution in [2.24, 2.45) is 5.41 Å². The number of likely N-dealkylation sites (N-methyl/N-ethyl adjacent to an activating group) is 1. The van der Waals surface area contributed by atoms with Gasteiger partial charge in [0.1, 0.15) is 0 Å². The summed E-state index contributed by atoms with van der Waals surface area (Å²) in [7, 11) is 2.24. The Kier molecular flexibility index (Phi) is 7.78. The van der Waals surface area contributed by atoms with E-state index in [-0.39, 0.29) is 0 Å². The number of aromatic nitrogens is 1. The molecular weight excluding hydrogens is 246 g/mol. The molecule has 0 aliphatic heterocycles. The molecule has 1 N–H and O–H groups in total. The van der Waals surface area contributed by atoms with Crippen LogP contribution in [0, 0.1) is 5.41 Å². The first-order valence-electron chi connectivity index (χ1n) is 7.88. The van der Waals surface area contributed by atoms with Crippen molar-refractivity contribution in [3.05, 3.63) is 30.1 Å². The monoisotopic (exact) mass is 277 g/mol. The van der Waals surface area contributed by atoms with Crippen LogP contribution in [-0.4, -0.2) is 43.1 Å². The highest BCUT2D eigenvalue weighted by Crippen LogP contribution is 2.23. The summed E-state index contributed by atoms with van der Waals surface area (Å²) in [4.78, 5) is 6.53. The largest absolute Gasteiger partial charge is 0.316 e. The SMILES string of the molecule is CCCC(C)(CNCC)CN(C)CCc1ccncc1. The molecule has 1 heterocycles. The molecule has 1 aromatic rings. The van der Waals surface area contributed by atoms with Crippen LogP contribution >= 0.6 is 0 Å². The Balaban J connectivity index is 2.42. The minimum absolute atomic E-state index is 0.373. The maximum Gasteiger partial charge on any atom is 0.0270 e. The molecule has 1 rings (SSSR count). The number of nitrogens with zero attached hydrogens (tertiary/aromatic N) is 2. The lowest BCUT2D eigenvalue weighted by Gasteiger charge is -2.34. The highest BCUT2D eigenvalue weighted by Gasteiger charge is 2.24. The predicted octanol–water partition coefficient (Wildman–Crippen LogP) is 2.97. The first-order chi connectivity index (χ1) is 9.59. The zero-order chi connectivity index (χ0) is 14.8. The smallest absolute Gasteiger partial charge is 0.0270 e. The number of hydrogen-bond acceptors (Lipinski definition) is 3. The summed E-state index contributed by atoms with van der Waals surface area (Å²) in [6.07, 6.45) is 7.38. The van der Waals surface area contributed by atoms with Gasteiger partial charge in [-0.05, 0) is 49.5 Å². The second-order valence-corrected chi connectivity index (χ2v) is 6.18. The van der Waals surface area contributed by atoms with E-state index in [1.807, 2.05) is 12.4 Å². The van der Waals surface area contributed by atoms with Gasteiger partial charge in [0.2, 0.25) is 0 Å². The maximum atomic E-state index is 4.07. The van der Waals surface area contributed by atoms with E-state index >= 15 is 0 Å². The Morgan fingerprint density at radius 1 is 1.25 bits per heavy atom. The quantitative estimate of drug-likeness (QED) is 0.712. The van der Waals surface area contributed by atoms with Crippen LogP contribution in [0.5, 0.6) is 0 Å². The van der Waals surface area contributed by atoms with Gasteiger partial charge < -0.3 is 10.2 Å². The van der Waals surface area contributed by atoms with Crippen LogP contribution in [0.25, 0.3) is 0 Å². The normalized spacial score (nSPS) is 14.4. The van der Waals surface area contributed by atoms with E-state index in [4.69, 9.17) is 0 Å². The summed E-state index contributed by atoms with van der Waals surface area (Å²) < 4.78 is 0. The molecule has 0 fully saturated rings. The fourth-order valence-electron chi connectivity index (χ4n) is 2.85. The predicted molar refractivity (Wildman–Crippen MR) is 87.0 cm³/mol. The number of rotatable bonds is 10. The Morgan fingerprint density at radius 2 is 1.95 bits per heavy atom. The maximum absolute atomic E-state index is 4.07. The molecule has 1 atom stereocenters. The van der Waals surface area contributed by atoms with Crippen LogP contribution in [0.2, 0.25) is 0 Å². The molecule has 1 aromatic heterocycles. The Bertz CT molecular complexity index is 353. The van der Waals surface area contributed by atoms with Gasteiger partial charge in [-0.15, -0.1) is 0 Å². The lowest BCUT2D eigenvalue weighted by Crippen LogP contribution is -2.41.